The first-order valence-electron chi connectivity index (χ1n) is 10.2. The molecule has 5 nitrogen and oxygen atoms in total. The van der Waals surface area contributed by atoms with E-state index in [-0.39, 0.29) is 16.3 Å². The number of rotatable bonds is 3. The van der Waals surface area contributed by atoms with Gasteiger partial charge in [0.25, 0.3) is 5.91 Å². The monoisotopic (exact) mass is 490 g/mol. The molecule has 0 radical (unpaired) electrons. The quantitative estimate of drug-likeness (QED) is 0.357. The van der Waals surface area contributed by atoms with Gasteiger partial charge >= 0.3 is 6.18 Å². The van der Waals surface area contributed by atoms with Crippen LogP contribution >= 0.6 is 11.6 Å². The highest BCUT2D eigenvalue weighted by Crippen LogP contribution is 2.49. The Kier molecular flexibility index (Phi) is 5.33. The first-order valence-corrected chi connectivity index (χ1v) is 10.6. The van der Waals surface area contributed by atoms with Gasteiger partial charge in [-0.1, -0.05) is 41.9 Å². The molecule has 3 aromatic rings. The Morgan fingerprint density at radius 3 is 2.21 bits per heavy atom. The molecule has 34 heavy (non-hydrogen) atoms. The van der Waals surface area contributed by atoms with Crippen LogP contribution in [0.4, 0.5) is 28.9 Å². The fourth-order valence-electron chi connectivity index (χ4n) is 4.38. The number of hydroxylamine groups is 1. The number of hydrogen-bond donors (Lipinski definition) is 0. The number of halogens is 5. The number of fused-ring (bicyclic) bond motifs is 1. The van der Waals surface area contributed by atoms with Gasteiger partial charge in [0.15, 0.2) is 6.10 Å². The number of alkyl halides is 3. The van der Waals surface area contributed by atoms with Crippen molar-refractivity contribution in [1.82, 2.24) is 0 Å². The molecule has 0 bridgehead atoms. The van der Waals surface area contributed by atoms with E-state index in [0.717, 1.165) is 18.2 Å². The average Bonchev–Trinajstić information content (AvgIpc) is 3.30. The zero-order valence-electron chi connectivity index (χ0n) is 17.2. The van der Waals surface area contributed by atoms with Crippen LogP contribution in [0.1, 0.15) is 17.2 Å². The van der Waals surface area contributed by atoms with Crippen LogP contribution in [0, 0.1) is 11.7 Å². The average molecular weight is 491 g/mol. The molecule has 174 valence electrons. The molecular weight excluding hydrogens is 476 g/mol. The summed E-state index contributed by atoms with van der Waals surface area (Å²) in [4.78, 5) is 33.2. The van der Waals surface area contributed by atoms with E-state index in [2.05, 4.69) is 0 Å². The van der Waals surface area contributed by atoms with Crippen molar-refractivity contribution in [2.24, 2.45) is 5.92 Å². The number of carbonyl (C=O) groups excluding carboxylic acids is 2. The van der Waals surface area contributed by atoms with Crippen LogP contribution in [0.5, 0.6) is 0 Å². The molecular formula is C24H15ClF4N2O3. The normalized spacial score (nSPS) is 22.4. The van der Waals surface area contributed by atoms with Crippen molar-refractivity contribution in [3.05, 3.63) is 94.8 Å². The molecule has 2 aliphatic heterocycles. The van der Waals surface area contributed by atoms with Crippen LogP contribution in [0.2, 0.25) is 5.02 Å². The fourth-order valence-corrected chi connectivity index (χ4v) is 4.65. The van der Waals surface area contributed by atoms with Gasteiger partial charge in [0.05, 0.1) is 16.9 Å². The molecule has 0 aliphatic carbocycles. The Morgan fingerprint density at radius 2 is 1.53 bits per heavy atom. The van der Waals surface area contributed by atoms with Crippen LogP contribution in [-0.4, -0.2) is 17.9 Å². The van der Waals surface area contributed by atoms with Crippen molar-refractivity contribution in [3.8, 4) is 0 Å². The molecule has 3 atom stereocenters. The molecule has 2 aliphatic rings. The van der Waals surface area contributed by atoms with Gasteiger partial charge in [-0.15, -0.1) is 0 Å². The number of imide groups is 1. The topological polar surface area (TPSA) is 49.9 Å². The largest absolute Gasteiger partial charge is 0.416 e. The van der Waals surface area contributed by atoms with E-state index in [1.807, 2.05) is 0 Å². The van der Waals surface area contributed by atoms with Crippen molar-refractivity contribution >= 4 is 34.8 Å². The fraction of sp³-hybridized carbons (Fsp3) is 0.167. The SMILES string of the molecule is O=C1[C@H]2[C@@H](c3c(F)cccc3Cl)N(c3ccccc3)O[C@H]2C(=O)N1c1cccc(C(F)(F)F)c1. The van der Waals surface area contributed by atoms with Crippen molar-refractivity contribution in [3.63, 3.8) is 0 Å². The van der Waals surface area contributed by atoms with Gasteiger partial charge < -0.3 is 0 Å². The van der Waals surface area contributed by atoms with Crippen LogP contribution in [0.3, 0.4) is 0 Å². The number of para-hydroxylation sites is 1. The van der Waals surface area contributed by atoms with E-state index in [1.54, 1.807) is 30.3 Å². The zero-order valence-corrected chi connectivity index (χ0v) is 17.9. The van der Waals surface area contributed by atoms with E-state index in [4.69, 9.17) is 16.4 Å². The highest BCUT2D eigenvalue weighted by Gasteiger charge is 2.61. The third kappa shape index (κ3) is 3.52. The Labute approximate surface area is 196 Å². The first kappa shape index (κ1) is 22.4. The summed E-state index contributed by atoms with van der Waals surface area (Å²) in [5, 5.41) is 1.28. The summed E-state index contributed by atoms with van der Waals surface area (Å²) in [7, 11) is 0. The number of amides is 2. The molecule has 3 aromatic carbocycles. The van der Waals surface area contributed by atoms with E-state index >= 15 is 0 Å². The Morgan fingerprint density at radius 1 is 0.853 bits per heavy atom. The standard InChI is InChI=1S/C24H15ClF4N2O3/c25-16-10-5-11-17(26)18(16)20-19-21(34-31(20)14-7-2-1-3-8-14)23(33)30(22(19)32)15-9-4-6-13(12-15)24(27,28)29/h1-12,19-21H/t19-,20+,21+/m0/s1. The summed E-state index contributed by atoms with van der Waals surface area (Å²) in [5.41, 5.74) is -0.851. The third-order valence-corrected chi connectivity index (χ3v) is 6.18. The lowest BCUT2D eigenvalue weighted by Gasteiger charge is -2.29. The summed E-state index contributed by atoms with van der Waals surface area (Å²) in [5.74, 6) is -3.60. The van der Waals surface area contributed by atoms with Crippen molar-refractivity contribution in [2.45, 2.75) is 18.3 Å². The summed E-state index contributed by atoms with van der Waals surface area (Å²) in [6.07, 6.45) is -6.04. The van der Waals surface area contributed by atoms with Gasteiger partial charge in [0, 0.05) is 10.6 Å². The summed E-state index contributed by atoms with van der Waals surface area (Å²) in [6, 6.07) is 15.2. The molecule has 0 aromatic heterocycles. The lowest BCUT2D eigenvalue weighted by atomic mass is 9.90. The Bertz CT molecular complexity index is 1260. The molecule has 2 heterocycles. The highest BCUT2D eigenvalue weighted by atomic mass is 35.5. The highest BCUT2D eigenvalue weighted by molar-refractivity contribution is 6.31. The predicted molar refractivity (Wildman–Crippen MR) is 115 cm³/mol. The smallest absolute Gasteiger partial charge is 0.273 e. The number of hydrogen-bond acceptors (Lipinski definition) is 4. The van der Waals surface area contributed by atoms with E-state index in [0.29, 0.717) is 10.6 Å². The second-order valence-electron chi connectivity index (χ2n) is 7.85. The predicted octanol–water partition coefficient (Wildman–Crippen LogP) is 5.55. The maximum absolute atomic E-state index is 15.0. The van der Waals surface area contributed by atoms with Crippen molar-refractivity contribution in [2.75, 3.05) is 9.96 Å². The molecule has 2 fully saturated rings. The van der Waals surface area contributed by atoms with Crippen molar-refractivity contribution in [1.29, 1.82) is 0 Å². The molecule has 5 rings (SSSR count). The van der Waals surface area contributed by atoms with Gasteiger partial charge in [-0.3, -0.25) is 14.4 Å². The third-order valence-electron chi connectivity index (χ3n) is 5.85. The number of anilines is 2. The minimum absolute atomic E-state index is 0.0212. The molecule has 2 saturated heterocycles. The maximum Gasteiger partial charge on any atom is 0.416 e. The molecule has 0 N–H and O–H groups in total. The van der Waals surface area contributed by atoms with Gasteiger partial charge in [-0.25, -0.2) is 14.4 Å². The molecule has 0 saturated carbocycles. The lowest BCUT2D eigenvalue weighted by molar-refractivity contribution is -0.137. The van der Waals surface area contributed by atoms with Crippen LogP contribution < -0.4 is 9.96 Å². The lowest BCUT2D eigenvalue weighted by Crippen LogP contribution is -2.37. The van der Waals surface area contributed by atoms with Crippen LogP contribution in [0.25, 0.3) is 0 Å². The van der Waals surface area contributed by atoms with Gasteiger partial charge in [-0.05, 0) is 42.5 Å². The maximum atomic E-state index is 15.0. The van der Waals surface area contributed by atoms with Gasteiger partial charge in [0.1, 0.15) is 17.8 Å². The van der Waals surface area contributed by atoms with E-state index in [1.165, 1.54) is 29.3 Å². The summed E-state index contributed by atoms with van der Waals surface area (Å²) >= 11 is 6.30. The molecule has 2 amide bonds. The van der Waals surface area contributed by atoms with Crippen LogP contribution in [0.15, 0.2) is 72.8 Å². The Hall–Kier alpha value is -3.43. The van der Waals surface area contributed by atoms with Gasteiger partial charge in [-0.2, -0.15) is 13.2 Å². The zero-order chi connectivity index (χ0) is 24.2. The Balaban J connectivity index is 1.61. The van der Waals surface area contributed by atoms with Crippen LogP contribution in [-0.2, 0) is 20.6 Å². The first-order chi connectivity index (χ1) is 16.2. The molecule has 0 spiro atoms. The number of benzene rings is 3. The van der Waals surface area contributed by atoms with E-state index in [9.17, 15) is 27.2 Å². The second-order valence-corrected chi connectivity index (χ2v) is 8.26. The summed E-state index contributed by atoms with van der Waals surface area (Å²) < 4.78 is 54.6. The number of carbonyl (C=O) groups is 2. The minimum atomic E-state index is -4.67. The molecule has 10 heteroatoms. The van der Waals surface area contributed by atoms with E-state index < -0.39 is 47.4 Å². The number of nitrogens with zero attached hydrogens (tertiary/aromatic N) is 2. The second kappa shape index (κ2) is 8.11. The van der Waals surface area contributed by atoms with Crippen molar-refractivity contribution < 1.29 is 32.0 Å². The molecule has 0 unspecified atom stereocenters. The summed E-state index contributed by atoms with van der Waals surface area (Å²) in [6.45, 7) is 0. The van der Waals surface area contributed by atoms with Gasteiger partial charge in [0.2, 0.25) is 5.91 Å². The minimum Gasteiger partial charge on any atom is -0.273 e.